The quantitative estimate of drug-likeness (QED) is 0.213. The Kier molecular flexibility index (Phi) is 7.02. The standard InChI is InChI=1S/C19H23N7O4S/c1-12-18(26(27)28)13(2)24(23-12)11-31-19-22-21-14(3)25(19)20-9-15-6-7-17(30-5)16(8-15)10-29-4/h6-9H,10-11H2,1-5H3. The monoisotopic (exact) mass is 445 g/mol. The number of hydrogen-bond acceptors (Lipinski definition) is 9. The molecule has 0 aliphatic carbocycles. The first-order chi connectivity index (χ1) is 14.8. The number of nitro groups is 1. The molecule has 0 atom stereocenters. The van der Waals surface area contributed by atoms with Crippen LogP contribution in [-0.4, -0.2) is 50.0 Å². The molecular formula is C19H23N7O4S. The highest BCUT2D eigenvalue weighted by Crippen LogP contribution is 2.26. The molecule has 1 aromatic carbocycles. The maximum atomic E-state index is 11.2. The summed E-state index contributed by atoms with van der Waals surface area (Å²) in [7, 11) is 3.24. The van der Waals surface area contributed by atoms with Crippen LogP contribution in [0.5, 0.6) is 5.75 Å². The molecule has 2 aromatic heterocycles. The molecule has 0 saturated heterocycles. The summed E-state index contributed by atoms with van der Waals surface area (Å²) in [6.07, 6.45) is 1.70. The van der Waals surface area contributed by atoms with Crippen molar-refractivity contribution in [2.75, 3.05) is 14.2 Å². The Bertz CT molecular complexity index is 1120. The van der Waals surface area contributed by atoms with Crippen molar-refractivity contribution >= 4 is 23.7 Å². The van der Waals surface area contributed by atoms with Crippen LogP contribution in [0.4, 0.5) is 5.69 Å². The van der Waals surface area contributed by atoms with Gasteiger partial charge in [0.05, 0.1) is 30.7 Å². The summed E-state index contributed by atoms with van der Waals surface area (Å²) in [5.41, 5.74) is 2.68. The van der Waals surface area contributed by atoms with E-state index in [2.05, 4.69) is 20.4 Å². The molecule has 3 aromatic rings. The number of nitrogens with zero attached hydrogens (tertiary/aromatic N) is 7. The second-order valence-electron chi connectivity index (χ2n) is 6.64. The summed E-state index contributed by atoms with van der Waals surface area (Å²) in [5.74, 6) is 1.70. The zero-order valence-corrected chi connectivity index (χ0v) is 18.7. The fourth-order valence-electron chi connectivity index (χ4n) is 3.03. The van der Waals surface area contributed by atoms with Gasteiger partial charge in [-0.25, -0.2) is 0 Å². The van der Waals surface area contributed by atoms with Crippen molar-refractivity contribution in [1.82, 2.24) is 24.7 Å². The van der Waals surface area contributed by atoms with E-state index in [0.29, 0.717) is 34.9 Å². The molecule has 2 heterocycles. The number of ether oxygens (including phenoxy) is 2. The molecule has 0 aliphatic heterocycles. The summed E-state index contributed by atoms with van der Waals surface area (Å²) in [4.78, 5) is 10.8. The molecule has 0 aliphatic rings. The molecule has 0 bridgehead atoms. The Balaban J connectivity index is 1.80. The summed E-state index contributed by atoms with van der Waals surface area (Å²) in [6, 6.07) is 5.69. The van der Waals surface area contributed by atoms with Crippen LogP contribution in [0.25, 0.3) is 0 Å². The number of hydrogen-bond donors (Lipinski definition) is 0. The topological polar surface area (TPSA) is 122 Å². The lowest BCUT2D eigenvalue weighted by Crippen LogP contribution is -2.03. The smallest absolute Gasteiger partial charge is 0.312 e. The highest BCUT2D eigenvalue weighted by Gasteiger charge is 2.22. The Hall–Kier alpha value is -3.25. The zero-order valence-electron chi connectivity index (χ0n) is 17.9. The van der Waals surface area contributed by atoms with Gasteiger partial charge in [0.15, 0.2) is 5.82 Å². The molecule has 3 rings (SSSR count). The van der Waals surface area contributed by atoms with Crippen LogP contribution in [-0.2, 0) is 17.2 Å². The van der Waals surface area contributed by atoms with Gasteiger partial charge in [0.25, 0.3) is 0 Å². The fraction of sp³-hybridized carbons (Fsp3) is 0.368. The number of benzene rings is 1. The van der Waals surface area contributed by atoms with Crippen LogP contribution in [0.1, 0.15) is 28.3 Å². The van der Waals surface area contributed by atoms with E-state index in [4.69, 9.17) is 9.47 Å². The van der Waals surface area contributed by atoms with Crippen LogP contribution < -0.4 is 4.74 Å². The Morgan fingerprint density at radius 1 is 1.26 bits per heavy atom. The number of aryl methyl sites for hydroxylation is 2. The number of methoxy groups -OCH3 is 2. The summed E-state index contributed by atoms with van der Waals surface area (Å²) < 4.78 is 13.8. The molecule has 0 saturated carbocycles. The SMILES string of the molecule is COCc1cc(C=Nn2c(C)nnc2SCn2nc(C)c([N+](=O)[O-])c2C)ccc1OC. The predicted molar refractivity (Wildman–Crippen MR) is 116 cm³/mol. The van der Waals surface area contributed by atoms with Gasteiger partial charge in [-0.2, -0.15) is 14.9 Å². The van der Waals surface area contributed by atoms with Crippen molar-refractivity contribution in [3.63, 3.8) is 0 Å². The molecule has 164 valence electrons. The molecule has 0 fully saturated rings. The third kappa shape index (κ3) is 4.91. The number of aromatic nitrogens is 5. The molecule has 0 amide bonds. The van der Waals surface area contributed by atoms with E-state index in [1.165, 1.54) is 11.8 Å². The minimum absolute atomic E-state index is 0.0302. The van der Waals surface area contributed by atoms with Gasteiger partial charge in [0, 0.05) is 12.7 Å². The minimum atomic E-state index is -0.414. The normalized spacial score (nSPS) is 11.4. The lowest BCUT2D eigenvalue weighted by atomic mass is 10.1. The van der Waals surface area contributed by atoms with E-state index >= 15 is 0 Å². The van der Waals surface area contributed by atoms with Crippen molar-refractivity contribution in [2.24, 2.45) is 5.10 Å². The van der Waals surface area contributed by atoms with Gasteiger partial charge in [0.2, 0.25) is 5.16 Å². The van der Waals surface area contributed by atoms with Gasteiger partial charge in [0.1, 0.15) is 17.1 Å². The second kappa shape index (κ2) is 9.71. The average molecular weight is 446 g/mol. The zero-order chi connectivity index (χ0) is 22.5. The molecule has 31 heavy (non-hydrogen) atoms. The van der Waals surface area contributed by atoms with E-state index < -0.39 is 4.92 Å². The van der Waals surface area contributed by atoms with Crippen LogP contribution in [0.3, 0.4) is 0 Å². The van der Waals surface area contributed by atoms with Crippen molar-refractivity contribution in [1.29, 1.82) is 0 Å². The van der Waals surface area contributed by atoms with Crippen LogP contribution in [0.15, 0.2) is 28.5 Å². The first kappa shape index (κ1) is 22.4. The van der Waals surface area contributed by atoms with E-state index in [1.807, 2.05) is 18.2 Å². The second-order valence-corrected chi connectivity index (χ2v) is 7.55. The average Bonchev–Trinajstić information content (AvgIpc) is 3.23. The Morgan fingerprint density at radius 2 is 2.03 bits per heavy atom. The summed E-state index contributed by atoms with van der Waals surface area (Å²) in [5, 5.41) is 28.8. The molecule has 11 nitrogen and oxygen atoms in total. The highest BCUT2D eigenvalue weighted by molar-refractivity contribution is 7.98. The number of rotatable bonds is 9. The maximum Gasteiger partial charge on any atom is 0.312 e. The lowest BCUT2D eigenvalue weighted by Gasteiger charge is -2.08. The van der Waals surface area contributed by atoms with Crippen molar-refractivity contribution in [2.45, 2.75) is 38.4 Å². The van der Waals surface area contributed by atoms with E-state index in [1.54, 1.807) is 50.6 Å². The van der Waals surface area contributed by atoms with Crippen LogP contribution >= 0.6 is 11.8 Å². The van der Waals surface area contributed by atoms with E-state index in [0.717, 1.165) is 16.9 Å². The Labute approximate surface area is 183 Å². The van der Waals surface area contributed by atoms with Gasteiger partial charge in [-0.1, -0.05) is 11.8 Å². The molecular weight excluding hydrogens is 422 g/mol. The van der Waals surface area contributed by atoms with E-state index in [9.17, 15) is 10.1 Å². The molecule has 0 spiro atoms. The van der Waals surface area contributed by atoms with Crippen molar-refractivity contribution in [3.8, 4) is 5.75 Å². The highest BCUT2D eigenvalue weighted by atomic mass is 32.2. The third-order valence-electron chi connectivity index (χ3n) is 4.54. The third-order valence-corrected chi connectivity index (χ3v) is 5.42. The van der Waals surface area contributed by atoms with Gasteiger partial charge in [-0.3, -0.25) is 14.8 Å². The maximum absolute atomic E-state index is 11.2. The lowest BCUT2D eigenvalue weighted by molar-refractivity contribution is -0.386. The molecule has 0 N–H and O–H groups in total. The number of thioether (sulfide) groups is 1. The van der Waals surface area contributed by atoms with Crippen molar-refractivity contribution < 1.29 is 14.4 Å². The summed E-state index contributed by atoms with van der Waals surface area (Å²) in [6.45, 7) is 5.52. The van der Waals surface area contributed by atoms with Gasteiger partial charge in [-0.15, -0.1) is 10.2 Å². The van der Waals surface area contributed by atoms with Gasteiger partial charge in [-0.05, 0) is 44.5 Å². The van der Waals surface area contributed by atoms with Crippen molar-refractivity contribution in [3.05, 3.63) is 56.7 Å². The van der Waals surface area contributed by atoms with Gasteiger partial charge >= 0.3 is 5.69 Å². The predicted octanol–water partition coefficient (Wildman–Crippen LogP) is 3.10. The molecule has 0 unspecified atom stereocenters. The largest absolute Gasteiger partial charge is 0.496 e. The minimum Gasteiger partial charge on any atom is -0.496 e. The van der Waals surface area contributed by atoms with Crippen LogP contribution in [0.2, 0.25) is 0 Å². The summed E-state index contributed by atoms with van der Waals surface area (Å²) >= 11 is 1.33. The molecule has 12 heteroatoms. The molecule has 0 radical (unpaired) electrons. The first-order valence-electron chi connectivity index (χ1n) is 9.29. The Morgan fingerprint density at radius 3 is 2.68 bits per heavy atom. The first-order valence-corrected chi connectivity index (χ1v) is 10.3. The van der Waals surface area contributed by atoms with Gasteiger partial charge < -0.3 is 9.47 Å². The van der Waals surface area contributed by atoms with E-state index in [-0.39, 0.29) is 5.69 Å². The van der Waals surface area contributed by atoms with Crippen LogP contribution in [0, 0.1) is 30.9 Å². The fourth-order valence-corrected chi connectivity index (χ4v) is 3.92.